The fraction of sp³-hybridized carbons (Fsp3) is 0.588. The Labute approximate surface area is 142 Å². The van der Waals surface area contributed by atoms with Crippen LogP contribution < -0.4 is 5.32 Å². The summed E-state index contributed by atoms with van der Waals surface area (Å²) < 4.78 is 5.34. The molecule has 0 spiro atoms. The Morgan fingerprint density at radius 2 is 2.21 bits per heavy atom. The molecular weight excluding hydrogens is 310 g/mol. The number of likely N-dealkylation sites (tertiary alicyclic amines) is 1. The first-order valence-electron chi connectivity index (χ1n) is 8.09. The molecule has 0 aliphatic carbocycles. The van der Waals surface area contributed by atoms with Crippen LogP contribution in [0.5, 0.6) is 0 Å². The van der Waals surface area contributed by atoms with Crippen LogP contribution in [0.3, 0.4) is 0 Å². The number of hydrogen-bond donors (Lipinski definition) is 2. The van der Waals surface area contributed by atoms with Gasteiger partial charge in [0.05, 0.1) is 5.92 Å². The van der Waals surface area contributed by atoms with Crippen LogP contribution in [0.25, 0.3) is 0 Å². The lowest BCUT2D eigenvalue weighted by atomic mass is 9.92. The zero-order chi connectivity index (χ0) is 17.7. The van der Waals surface area contributed by atoms with Crippen LogP contribution in [0.2, 0.25) is 0 Å². The maximum absolute atomic E-state index is 12.2. The number of pyridine rings is 1. The lowest BCUT2D eigenvalue weighted by Gasteiger charge is -2.37. The van der Waals surface area contributed by atoms with Crippen LogP contribution in [0, 0.1) is 5.92 Å². The lowest BCUT2D eigenvalue weighted by molar-refractivity contribution is -0.144. The third-order valence-corrected chi connectivity index (χ3v) is 3.87. The number of nitrogens with one attached hydrogen (secondary N) is 1. The zero-order valence-electron chi connectivity index (χ0n) is 14.4. The molecule has 7 heteroatoms. The molecule has 1 aliphatic rings. The number of aliphatic carboxylic acids is 1. The van der Waals surface area contributed by atoms with Crippen LogP contribution >= 0.6 is 0 Å². The van der Waals surface area contributed by atoms with E-state index in [0.717, 1.165) is 5.56 Å². The van der Waals surface area contributed by atoms with Crippen molar-refractivity contribution >= 4 is 12.1 Å². The van der Waals surface area contributed by atoms with Gasteiger partial charge in [0, 0.05) is 38.1 Å². The van der Waals surface area contributed by atoms with Crippen molar-refractivity contribution in [3.8, 4) is 0 Å². The monoisotopic (exact) mass is 335 g/mol. The number of amides is 1. The second kappa shape index (κ2) is 7.61. The van der Waals surface area contributed by atoms with Gasteiger partial charge >= 0.3 is 12.1 Å². The van der Waals surface area contributed by atoms with Gasteiger partial charge in [-0.1, -0.05) is 6.07 Å². The molecule has 2 rings (SSSR count). The standard InChI is InChI=1S/C17H25N3O4/c1-17(2,3)24-16(23)20-8-6-14(13(11-20)15(21)22)19-10-12-5-4-7-18-9-12/h4-5,7,9,13-14,19H,6,8,10-11H2,1-3H3,(H,21,22)/t13-,14-/m1/s1. The summed E-state index contributed by atoms with van der Waals surface area (Å²) in [6.45, 7) is 6.55. The van der Waals surface area contributed by atoms with Crippen molar-refractivity contribution in [2.75, 3.05) is 13.1 Å². The van der Waals surface area contributed by atoms with Gasteiger partial charge < -0.3 is 20.1 Å². The molecule has 1 aromatic heterocycles. The first-order valence-corrected chi connectivity index (χ1v) is 8.09. The molecule has 7 nitrogen and oxygen atoms in total. The molecule has 0 unspecified atom stereocenters. The average molecular weight is 335 g/mol. The summed E-state index contributed by atoms with van der Waals surface area (Å²) in [5.41, 5.74) is 0.404. The summed E-state index contributed by atoms with van der Waals surface area (Å²) >= 11 is 0. The molecule has 24 heavy (non-hydrogen) atoms. The number of hydrogen-bond acceptors (Lipinski definition) is 5. The van der Waals surface area contributed by atoms with Crippen LogP contribution in [0.15, 0.2) is 24.5 Å². The van der Waals surface area contributed by atoms with Gasteiger partial charge in [-0.25, -0.2) is 4.79 Å². The third-order valence-electron chi connectivity index (χ3n) is 3.87. The summed E-state index contributed by atoms with van der Waals surface area (Å²) in [4.78, 5) is 29.3. The summed E-state index contributed by atoms with van der Waals surface area (Å²) in [6.07, 6.45) is 3.55. The van der Waals surface area contributed by atoms with E-state index < -0.39 is 23.6 Å². The van der Waals surface area contributed by atoms with E-state index in [2.05, 4.69) is 10.3 Å². The Kier molecular flexibility index (Phi) is 5.77. The van der Waals surface area contributed by atoms with Crippen molar-refractivity contribution in [1.82, 2.24) is 15.2 Å². The van der Waals surface area contributed by atoms with Gasteiger partial charge in [-0.15, -0.1) is 0 Å². The second-order valence-corrected chi connectivity index (χ2v) is 7.01. The van der Waals surface area contributed by atoms with E-state index in [9.17, 15) is 14.7 Å². The van der Waals surface area contributed by atoms with E-state index in [1.165, 1.54) is 4.90 Å². The topological polar surface area (TPSA) is 91.8 Å². The second-order valence-electron chi connectivity index (χ2n) is 7.01. The average Bonchev–Trinajstić information content (AvgIpc) is 2.52. The third kappa shape index (κ3) is 5.19. The summed E-state index contributed by atoms with van der Waals surface area (Å²) in [7, 11) is 0. The molecule has 0 bridgehead atoms. The number of carbonyl (C=O) groups is 2. The van der Waals surface area contributed by atoms with Crippen molar-refractivity contribution in [1.29, 1.82) is 0 Å². The maximum Gasteiger partial charge on any atom is 0.410 e. The smallest absolute Gasteiger partial charge is 0.410 e. The molecule has 1 fully saturated rings. The van der Waals surface area contributed by atoms with Crippen LogP contribution in [-0.2, 0) is 16.1 Å². The Hall–Kier alpha value is -2.15. The fourth-order valence-corrected chi connectivity index (χ4v) is 2.69. The number of piperidine rings is 1. The zero-order valence-corrected chi connectivity index (χ0v) is 14.4. The summed E-state index contributed by atoms with van der Waals surface area (Å²) in [6, 6.07) is 3.59. The molecule has 0 radical (unpaired) electrons. The largest absolute Gasteiger partial charge is 0.481 e. The minimum Gasteiger partial charge on any atom is -0.481 e. The lowest BCUT2D eigenvalue weighted by Crippen LogP contribution is -2.54. The van der Waals surface area contributed by atoms with Gasteiger partial charge in [0.25, 0.3) is 0 Å². The number of carboxylic acids is 1. The fourth-order valence-electron chi connectivity index (χ4n) is 2.69. The Morgan fingerprint density at radius 1 is 1.46 bits per heavy atom. The van der Waals surface area contributed by atoms with E-state index in [1.807, 2.05) is 12.1 Å². The highest BCUT2D eigenvalue weighted by Crippen LogP contribution is 2.21. The SMILES string of the molecule is CC(C)(C)OC(=O)N1CC[C@@H](NCc2cccnc2)[C@H](C(=O)O)C1. The van der Waals surface area contributed by atoms with Crippen LogP contribution in [0.4, 0.5) is 4.79 Å². The minimum absolute atomic E-state index is 0.148. The van der Waals surface area contributed by atoms with Gasteiger partial charge in [-0.3, -0.25) is 9.78 Å². The van der Waals surface area contributed by atoms with E-state index in [0.29, 0.717) is 19.5 Å². The molecular formula is C17H25N3O4. The van der Waals surface area contributed by atoms with E-state index in [4.69, 9.17) is 4.74 Å². The van der Waals surface area contributed by atoms with Crippen molar-refractivity contribution in [3.05, 3.63) is 30.1 Å². The molecule has 132 valence electrons. The van der Waals surface area contributed by atoms with Gasteiger partial charge in [-0.2, -0.15) is 0 Å². The number of ether oxygens (including phenoxy) is 1. The van der Waals surface area contributed by atoms with Crippen molar-refractivity contribution in [2.45, 2.75) is 45.4 Å². The van der Waals surface area contributed by atoms with Crippen LogP contribution in [-0.4, -0.2) is 51.8 Å². The molecule has 1 aromatic rings. The normalized spacial score (nSPS) is 21.4. The van der Waals surface area contributed by atoms with E-state index in [1.54, 1.807) is 33.2 Å². The van der Waals surface area contributed by atoms with Crippen molar-refractivity contribution in [2.24, 2.45) is 5.92 Å². The first kappa shape index (κ1) is 18.2. The van der Waals surface area contributed by atoms with Gasteiger partial charge in [-0.05, 0) is 38.8 Å². The molecule has 1 aliphatic heterocycles. The quantitative estimate of drug-likeness (QED) is 0.873. The molecule has 1 saturated heterocycles. The van der Waals surface area contributed by atoms with E-state index in [-0.39, 0.29) is 12.6 Å². The number of nitrogens with zero attached hydrogens (tertiary/aromatic N) is 2. The predicted octanol–water partition coefficient (Wildman–Crippen LogP) is 1.88. The molecule has 2 atom stereocenters. The molecule has 2 heterocycles. The minimum atomic E-state index is -0.910. The summed E-state index contributed by atoms with van der Waals surface area (Å²) in [5.74, 6) is -1.57. The number of carbonyl (C=O) groups excluding carboxylic acids is 1. The van der Waals surface area contributed by atoms with Crippen LogP contribution in [0.1, 0.15) is 32.8 Å². The highest BCUT2D eigenvalue weighted by molar-refractivity contribution is 5.74. The number of aromatic nitrogens is 1. The van der Waals surface area contributed by atoms with Gasteiger partial charge in [0.2, 0.25) is 0 Å². The molecule has 2 N–H and O–H groups in total. The van der Waals surface area contributed by atoms with Gasteiger partial charge in [0.1, 0.15) is 5.60 Å². The van der Waals surface area contributed by atoms with Gasteiger partial charge in [0.15, 0.2) is 0 Å². The Morgan fingerprint density at radius 3 is 2.79 bits per heavy atom. The van der Waals surface area contributed by atoms with E-state index >= 15 is 0 Å². The van der Waals surface area contributed by atoms with Crippen molar-refractivity contribution in [3.63, 3.8) is 0 Å². The first-order chi connectivity index (χ1) is 11.3. The summed E-state index contributed by atoms with van der Waals surface area (Å²) in [5, 5.41) is 12.8. The number of rotatable bonds is 4. The molecule has 0 aromatic carbocycles. The highest BCUT2D eigenvalue weighted by Gasteiger charge is 2.37. The molecule has 1 amide bonds. The molecule has 0 saturated carbocycles. The number of carboxylic acid groups (broad SMARTS) is 1. The Bertz CT molecular complexity index is 571. The highest BCUT2D eigenvalue weighted by atomic mass is 16.6. The van der Waals surface area contributed by atoms with Crippen molar-refractivity contribution < 1.29 is 19.4 Å². The Balaban J connectivity index is 1.95. The predicted molar refractivity (Wildman–Crippen MR) is 88.4 cm³/mol. The maximum atomic E-state index is 12.2.